The fourth-order valence-electron chi connectivity index (χ4n) is 2.85. The van der Waals surface area contributed by atoms with Gasteiger partial charge >= 0.3 is 5.97 Å². The lowest BCUT2D eigenvalue weighted by molar-refractivity contribution is -0.115. The SMILES string of the molecule is COC(=O)c1sc(NC(=O)CNC2CCCc3sc(C)nc32)nc1C. The molecular weight excluding hydrogens is 360 g/mol. The number of nitrogens with one attached hydrogen (secondary N) is 2. The summed E-state index contributed by atoms with van der Waals surface area (Å²) >= 11 is 2.85. The number of fused-ring (bicyclic) bond motifs is 1. The van der Waals surface area contributed by atoms with Crippen LogP contribution in [0.4, 0.5) is 5.13 Å². The van der Waals surface area contributed by atoms with Crippen LogP contribution in [0.25, 0.3) is 0 Å². The third-order valence-corrected chi connectivity index (χ3v) is 6.08. The molecule has 7 nitrogen and oxygen atoms in total. The number of aromatic nitrogens is 2. The van der Waals surface area contributed by atoms with Gasteiger partial charge in [-0.25, -0.2) is 14.8 Å². The predicted octanol–water partition coefficient (Wildman–Crippen LogP) is 2.61. The second kappa shape index (κ2) is 7.59. The Hall–Kier alpha value is -1.84. The van der Waals surface area contributed by atoms with E-state index in [1.807, 2.05) is 6.92 Å². The summed E-state index contributed by atoms with van der Waals surface area (Å²) in [6.07, 6.45) is 3.15. The molecule has 0 bridgehead atoms. The highest BCUT2D eigenvalue weighted by Crippen LogP contribution is 2.32. The number of esters is 1. The number of rotatable bonds is 5. The number of thiazole rings is 2. The normalized spacial score (nSPS) is 16.4. The van der Waals surface area contributed by atoms with Crippen LogP contribution in [0.2, 0.25) is 0 Å². The molecule has 25 heavy (non-hydrogen) atoms. The van der Waals surface area contributed by atoms with Gasteiger partial charge in [-0.1, -0.05) is 11.3 Å². The number of methoxy groups -OCH3 is 1. The van der Waals surface area contributed by atoms with Gasteiger partial charge in [-0.2, -0.15) is 0 Å². The maximum Gasteiger partial charge on any atom is 0.350 e. The molecule has 1 amide bonds. The van der Waals surface area contributed by atoms with Gasteiger partial charge in [0.25, 0.3) is 0 Å². The molecular formula is C16H20N4O3S2. The maximum atomic E-state index is 12.2. The third kappa shape index (κ3) is 4.05. The van der Waals surface area contributed by atoms with Crippen molar-refractivity contribution in [1.29, 1.82) is 0 Å². The van der Waals surface area contributed by atoms with E-state index in [1.54, 1.807) is 18.3 Å². The van der Waals surface area contributed by atoms with Crippen molar-refractivity contribution >= 4 is 39.7 Å². The van der Waals surface area contributed by atoms with E-state index < -0.39 is 5.97 Å². The van der Waals surface area contributed by atoms with Crippen LogP contribution in [0.1, 0.15) is 49.8 Å². The minimum absolute atomic E-state index is 0.114. The topological polar surface area (TPSA) is 93.2 Å². The molecule has 1 atom stereocenters. The number of carbonyl (C=O) groups is 2. The lowest BCUT2D eigenvalue weighted by Gasteiger charge is -2.22. The average molecular weight is 380 g/mol. The lowest BCUT2D eigenvalue weighted by atomic mass is 9.97. The smallest absolute Gasteiger partial charge is 0.350 e. The molecule has 2 aromatic heterocycles. The molecule has 2 heterocycles. The predicted molar refractivity (Wildman–Crippen MR) is 97.4 cm³/mol. The van der Waals surface area contributed by atoms with Gasteiger partial charge in [0.15, 0.2) is 5.13 Å². The number of nitrogens with zero attached hydrogens (tertiary/aromatic N) is 2. The summed E-state index contributed by atoms with van der Waals surface area (Å²) in [5, 5.41) is 7.48. The van der Waals surface area contributed by atoms with Gasteiger partial charge in [-0.15, -0.1) is 11.3 Å². The van der Waals surface area contributed by atoms with Crippen LogP contribution in [-0.4, -0.2) is 35.5 Å². The van der Waals surface area contributed by atoms with E-state index in [2.05, 4.69) is 20.6 Å². The number of hydrogen-bond donors (Lipinski definition) is 2. The van der Waals surface area contributed by atoms with E-state index in [0.717, 1.165) is 41.3 Å². The molecule has 1 aliphatic rings. The van der Waals surface area contributed by atoms with E-state index in [1.165, 1.54) is 12.0 Å². The Morgan fingerprint density at radius 3 is 2.84 bits per heavy atom. The number of anilines is 1. The Balaban J connectivity index is 1.58. The Morgan fingerprint density at radius 2 is 2.08 bits per heavy atom. The lowest BCUT2D eigenvalue weighted by Crippen LogP contribution is -2.33. The molecule has 9 heteroatoms. The zero-order valence-electron chi connectivity index (χ0n) is 14.3. The highest BCUT2D eigenvalue weighted by Gasteiger charge is 2.24. The number of ether oxygens (including phenoxy) is 1. The molecule has 1 aliphatic carbocycles. The van der Waals surface area contributed by atoms with Crippen molar-refractivity contribution in [2.75, 3.05) is 19.0 Å². The molecule has 0 saturated heterocycles. The summed E-state index contributed by atoms with van der Waals surface area (Å²) in [6, 6.07) is 0.114. The number of aryl methyl sites for hydroxylation is 3. The first-order chi connectivity index (χ1) is 12.0. The maximum absolute atomic E-state index is 12.2. The second-order valence-electron chi connectivity index (χ2n) is 5.84. The average Bonchev–Trinajstić information content (AvgIpc) is 3.13. The monoisotopic (exact) mass is 380 g/mol. The van der Waals surface area contributed by atoms with Gasteiger partial charge in [-0.05, 0) is 33.1 Å². The Labute approximate surface area is 153 Å². The van der Waals surface area contributed by atoms with Gasteiger partial charge in [0, 0.05) is 4.88 Å². The summed E-state index contributed by atoms with van der Waals surface area (Å²) < 4.78 is 4.70. The number of hydrogen-bond acceptors (Lipinski definition) is 8. The molecule has 134 valence electrons. The molecule has 3 rings (SSSR count). The van der Waals surface area contributed by atoms with Crippen LogP contribution >= 0.6 is 22.7 Å². The summed E-state index contributed by atoms with van der Waals surface area (Å²) in [4.78, 5) is 34.3. The standard InChI is InChI=1S/C16H20N4O3S2/c1-8-14(15(22)23-3)25-16(18-8)20-12(21)7-17-10-5-4-6-11-13(10)19-9(2)24-11/h10,17H,4-7H2,1-3H3,(H,18,20,21). The zero-order chi connectivity index (χ0) is 18.0. The van der Waals surface area contributed by atoms with Crippen LogP contribution in [-0.2, 0) is 16.0 Å². The van der Waals surface area contributed by atoms with Crippen molar-refractivity contribution in [2.24, 2.45) is 0 Å². The van der Waals surface area contributed by atoms with Crippen molar-refractivity contribution in [3.05, 3.63) is 26.1 Å². The number of carbonyl (C=O) groups excluding carboxylic acids is 2. The van der Waals surface area contributed by atoms with Crippen molar-refractivity contribution in [1.82, 2.24) is 15.3 Å². The van der Waals surface area contributed by atoms with Crippen LogP contribution in [0.15, 0.2) is 0 Å². The first-order valence-corrected chi connectivity index (χ1v) is 9.66. The highest BCUT2D eigenvalue weighted by atomic mass is 32.1. The van der Waals surface area contributed by atoms with Crippen molar-refractivity contribution < 1.29 is 14.3 Å². The third-order valence-electron chi connectivity index (χ3n) is 3.98. The summed E-state index contributed by atoms with van der Waals surface area (Å²) in [7, 11) is 1.32. The van der Waals surface area contributed by atoms with Gasteiger partial charge in [0.05, 0.1) is 36.1 Å². The number of amides is 1. The molecule has 2 aromatic rings. The highest BCUT2D eigenvalue weighted by molar-refractivity contribution is 7.17. The van der Waals surface area contributed by atoms with E-state index >= 15 is 0 Å². The fourth-order valence-corrected chi connectivity index (χ4v) is 4.79. The summed E-state index contributed by atoms with van der Waals surface area (Å²) in [5.74, 6) is -0.633. The van der Waals surface area contributed by atoms with E-state index in [-0.39, 0.29) is 18.5 Å². The van der Waals surface area contributed by atoms with Crippen LogP contribution in [0.3, 0.4) is 0 Å². The largest absolute Gasteiger partial charge is 0.465 e. The molecule has 0 radical (unpaired) electrons. The molecule has 2 N–H and O–H groups in total. The van der Waals surface area contributed by atoms with Crippen LogP contribution in [0.5, 0.6) is 0 Å². The minimum Gasteiger partial charge on any atom is -0.465 e. The Kier molecular flexibility index (Phi) is 5.45. The molecule has 0 spiro atoms. The minimum atomic E-state index is -0.442. The van der Waals surface area contributed by atoms with E-state index in [9.17, 15) is 9.59 Å². The van der Waals surface area contributed by atoms with Gasteiger partial charge in [0.1, 0.15) is 4.88 Å². The van der Waals surface area contributed by atoms with Crippen molar-refractivity contribution in [2.45, 2.75) is 39.2 Å². The molecule has 0 saturated carbocycles. The molecule has 0 fully saturated rings. The first kappa shape index (κ1) is 18.0. The van der Waals surface area contributed by atoms with Gasteiger partial charge < -0.3 is 15.4 Å². The second-order valence-corrected chi connectivity index (χ2v) is 8.13. The quantitative estimate of drug-likeness (QED) is 0.775. The molecule has 0 aromatic carbocycles. The summed E-state index contributed by atoms with van der Waals surface area (Å²) in [5.41, 5.74) is 1.63. The van der Waals surface area contributed by atoms with E-state index in [0.29, 0.717) is 15.7 Å². The van der Waals surface area contributed by atoms with Crippen molar-refractivity contribution in [3.8, 4) is 0 Å². The fraction of sp³-hybridized carbons (Fsp3) is 0.500. The van der Waals surface area contributed by atoms with E-state index in [4.69, 9.17) is 4.74 Å². The molecule has 1 unspecified atom stereocenters. The van der Waals surface area contributed by atoms with Gasteiger partial charge in [-0.3, -0.25) is 4.79 Å². The van der Waals surface area contributed by atoms with Crippen LogP contribution in [0, 0.1) is 13.8 Å². The summed E-state index contributed by atoms with van der Waals surface area (Å²) in [6.45, 7) is 3.90. The Bertz CT molecular complexity index is 799. The van der Waals surface area contributed by atoms with Gasteiger partial charge in [0.2, 0.25) is 5.91 Å². The van der Waals surface area contributed by atoms with Crippen molar-refractivity contribution in [3.63, 3.8) is 0 Å². The van der Waals surface area contributed by atoms with Crippen LogP contribution < -0.4 is 10.6 Å². The molecule has 0 aliphatic heterocycles. The Morgan fingerprint density at radius 1 is 1.28 bits per heavy atom. The zero-order valence-corrected chi connectivity index (χ0v) is 16.0. The first-order valence-electron chi connectivity index (χ1n) is 8.03.